The standard InChI is InChI=1S/C20H22N4O3S2/c1-4-24(5-2)29(26,27)17-11-6-14(3)18(12-17)20(25)21-16-9-7-15(8-10-16)19-13-28-23-22-19/h6-13H,4-5H2,1-3H3,(H,21,25). The average molecular weight is 431 g/mol. The number of sulfonamides is 1. The van der Waals surface area contributed by atoms with Crippen molar-refractivity contribution in [3.8, 4) is 11.3 Å². The number of nitrogens with zero attached hydrogens (tertiary/aromatic N) is 3. The minimum atomic E-state index is -3.64. The maximum absolute atomic E-state index is 12.8. The van der Waals surface area contributed by atoms with Crippen LogP contribution in [0.1, 0.15) is 29.8 Å². The van der Waals surface area contributed by atoms with E-state index < -0.39 is 10.0 Å². The summed E-state index contributed by atoms with van der Waals surface area (Å²) in [6.07, 6.45) is 0. The van der Waals surface area contributed by atoms with Crippen LogP contribution in [0.25, 0.3) is 11.3 Å². The molecule has 1 aromatic heterocycles. The smallest absolute Gasteiger partial charge is 0.255 e. The first-order valence-corrected chi connectivity index (χ1v) is 11.4. The van der Waals surface area contributed by atoms with Gasteiger partial charge in [-0.25, -0.2) is 8.42 Å². The SMILES string of the molecule is CCN(CC)S(=O)(=O)c1ccc(C)c(C(=O)Nc2ccc(-c3csnn3)cc2)c1. The van der Waals surface area contributed by atoms with E-state index in [4.69, 9.17) is 0 Å². The third-order valence-electron chi connectivity index (χ3n) is 4.60. The summed E-state index contributed by atoms with van der Waals surface area (Å²) in [4.78, 5) is 12.9. The molecule has 0 spiro atoms. The Balaban J connectivity index is 1.84. The number of hydrogen-bond acceptors (Lipinski definition) is 6. The van der Waals surface area contributed by atoms with E-state index in [9.17, 15) is 13.2 Å². The molecule has 0 radical (unpaired) electrons. The summed E-state index contributed by atoms with van der Waals surface area (Å²) in [6.45, 7) is 6.09. The van der Waals surface area contributed by atoms with Crippen LogP contribution in [0.4, 0.5) is 5.69 Å². The fraction of sp³-hybridized carbons (Fsp3) is 0.250. The van der Waals surface area contributed by atoms with Crippen LogP contribution < -0.4 is 5.32 Å². The minimum absolute atomic E-state index is 0.114. The van der Waals surface area contributed by atoms with Crippen LogP contribution >= 0.6 is 11.5 Å². The van der Waals surface area contributed by atoms with Crippen molar-refractivity contribution in [2.45, 2.75) is 25.7 Å². The van der Waals surface area contributed by atoms with Crippen LogP contribution in [-0.4, -0.2) is 41.3 Å². The number of hydrogen-bond donors (Lipinski definition) is 1. The van der Waals surface area contributed by atoms with E-state index in [0.717, 1.165) is 11.3 Å². The van der Waals surface area contributed by atoms with E-state index >= 15 is 0 Å². The molecule has 0 bridgehead atoms. The number of aryl methyl sites for hydroxylation is 1. The second-order valence-corrected chi connectivity index (χ2v) is 8.94. The van der Waals surface area contributed by atoms with Gasteiger partial charge in [0.05, 0.1) is 4.90 Å². The Kier molecular flexibility index (Phi) is 6.41. The molecule has 3 rings (SSSR count). The third kappa shape index (κ3) is 4.52. The number of amides is 1. The fourth-order valence-electron chi connectivity index (χ4n) is 2.93. The van der Waals surface area contributed by atoms with Gasteiger partial charge in [-0.1, -0.05) is 36.5 Å². The molecule has 0 saturated carbocycles. The Morgan fingerprint density at radius 3 is 2.38 bits per heavy atom. The number of aromatic nitrogens is 2. The van der Waals surface area contributed by atoms with Gasteiger partial charge in [0, 0.05) is 35.3 Å². The highest BCUT2D eigenvalue weighted by Gasteiger charge is 2.23. The highest BCUT2D eigenvalue weighted by Crippen LogP contribution is 2.23. The molecule has 7 nitrogen and oxygen atoms in total. The molecule has 1 amide bonds. The van der Waals surface area contributed by atoms with Gasteiger partial charge in [0.25, 0.3) is 5.91 Å². The highest BCUT2D eigenvalue weighted by molar-refractivity contribution is 7.89. The summed E-state index contributed by atoms with van der Waals surface area (Å²) in [5.74, 6) is -0.359. The molecule has 0 aliphatic carbocycles. The van der Waals surface area contributed by atoms with Crippen LogP contribution in [0.2, 0.25) is 0 Å². The molecule has 1 N–H and O–H groups in total. The zero-order valence-corrected chi connectivity index (χ0v) is 18.0. The maximum Gasteiger partial charge on any atom is 0.255 e. The van der Waals surface area contributed by atoms with E-state index in [1.165, 1.54) is 28.0 Å². The summed E-state index contributed by atoms with van der Waals surface area (Å²) < 4.78 is 30.8. The molecule has 152 valence electrons. The largest absolute Gasteiger partial charge is 0.322 e. The van der Waals surface area contributed by atoms with E-state index in [1.807, 2.05) is 17.5 Å². The molecule has 0 atom stereocenters. The zero-order chi connectivity index (χ0) is 21.0. The van der Waals surface area contributed by atoms with Gasteiger partial charge >= 0.3 is 0 Å². The normalized spacial score (nSPS) is 11.6. The summed E-state index contributed by atoms with van der Waals surface area (Å²) in [5, 5.41) is 8.69. The van der Waals surface area contributed by atoms with Crippen molar-refractivity contribution in [2.24, 2.45) is 0 Å². The molecular formula is C20H22N4O3S2. The van der Waals surface area contributed by atoms with Gasteiger partial charge in [0.1, 0.15) is 5.69 Å². The first-order chi connectivity index (χ1) is 13.9. The van der Waals surface area contributed by atoms with Crippen molar-refractivity contribution >= 4 is 33.2 Å². The average Bonchev–Trinajstić information content (AvgIpc) is 3.24. The van der Waals surface area contributed by atoms with Crippen LogP contribution in [0, 0.1) is 6.92 Å². The second-order valence-electron chi connectivity index (χ2n) is 6.39. The topological polar surface area (TPSA) is 92.3 Å². The van der Waals surface area contributed by atoms with Crippen LogP contribution in [0.15, 0.2) is 52.7 Å². The summed E-state index contributed by atoms with van der Waals surface area (Å²) >= 11 is 1.27. The van der Waals surface area contributed by atoms with Crippen LogP contribution in [0.5, 0.6) is 0 Å². The number of benzene rings is 2. The van der Waals surface area contributed by atoms with Crippen molar-refractivity contribution in [1.82, 2.24) is 13.9 Å². The van der Waals surface area contributed by atoms with Gasteiger partial charge < -0.3 is 5.32 Å². The Hall–Kier alpha value is -2.62. The highest BCUT2D eigenvalue weighted by atomic mass is 32.2. The first-order valence-electron chi connectivity index (χ1n) is 9.16. The number of carbonyl (C=O) groups is 1. The molecule has 9 heteroatoms. The summed E-state index contributed by atoms with van der Waals surface area (Å²) in [5.41, 5.74) is 3.31. The molecule has 0 saturated heterocycles. The minimum Gasteiger partial charge on any atom is -0.322 e. The Morgan fingerprint density at radius 2 is 1.79 bits per heavy atom. The van der Waals surface area contributed by atoms with E-state index in [-0.39, 0.29) is 10.8 Å². The van der Waals surface area contributed by atoms with E-state index in [1.54, 1.807) is 39.0 Å². The second kappa shape index (κ2) is 8.81. The molecule has 2 aromatic carbocycles. The predicted octanol–water partition coefficient (Wildman–Crippen LogP) is 3.80. The zero-order valence-electron chi connectivity index (χ0n) is 16.4. The van der Waals surface area contributed by atoms with Crippen molar-refractivity contribution in [2.75, 3.05) is 18.4 Å². The van der Waals surface area contributed by atoms with Gasteiger partial charge in [-0.05, 0) is 48.3 Å². The van der Waals surface area contributed by atoms with Crippen molar-refractivity contribution < 1.29 is 13.2 Å². The van der Waals surface area contributed by atoms with Gasteiger partial charge in [-0.3, -0.25) is 4.79 Å². The van der Waals surface area contributed by atoms with Gasteiger partial charge in [-0.15, -0.1) is 5.10 Å². The third-order valence-corrected chi connectivity index (χ3v) is 7.15. The first kappa shape index (κ1) is 21.1. The molecule has 29 heavy (non-hydrogen) atoms. The Morgan fingerprint density at radius 1 is 1.10 bits per heavy atom. The molecular weight excluding hydrogens is 408 g/mol. The Bertz CT molecular complexity index is 1090. The van der Waals surface area contributed by atoms with Crippen molar-refractivity contribution in [3.05, 3.63) is 59.0 Å². The summed E-state index contributed by atoms with van der Waals surface area (Å²) in [7, 11) is -3.64. The number of anilines is 1. The van der Waals surface area contributed by atoms with Gasteiger partial charge in [-0.2, -0.15) is 4.31 Å². The molecule has 3 aromatic rings. The lowest BCUT2D eigenvalue weighted by atomic mass is 10.1. The lowest BCUT2D eigenvalue weighted by Crippen LogP contribution is -2.30. The predicted molar refractivity (Wildman–Crippen MR) is 115 cm³/mol. The van der Waals surface area contributed by atoms with Crippen molar-refractivity contribution in [1.29, 1.82) is 0 Å². The van der Waals surface area contributed by atoms with Gasteiger partial charge in [0.2, 0.25) is 10.0 Å². The maximum atomic E-state index is 12.8. The molecule has 1 heterocycles. The number of carbonyl (C=O) groups excluding carboxylic acids is 1. The van der Waals surface area contributed by atoms with Crippen molar-refractivity contribution in [3.63, 3.8) is 0 Å². The fourth-order valence-corrected chi connectivity index (χ4v) is 4.88. The number of rotatable bonds is 7. The molecule has 0 unspecified atom stereocenters. The molecule has 0 aliphatic heterocycles. The number of nitrogens with one attached hydrogen (secondary N) is 1. The quantitative estimate of drug-likeness (QED) is 0.616. The summed E-state index contributed by atoms with van der Waals surface area (Å²) in [6, 6.07) is 11.9. The molecule has 0 fully saturated rings. The lowest BCUT2D eigenvalue weighted by Gasteiger charge is -2.19. The van der Waals surface area contributed by atoms with Crippen LogP contribution in [-0.2, 0) is 10.0 Å². The van der Waals surface area contributed by atoms with Crippen LogP contribution in [0.3, 0.4) is 0 Å². The monoisotopic (exact) mass is 430 g/mol. The van der Waals surface area contributed by atoms with Gasteiger partial charge in [0.15, 0.2) is 0 Å². The van der Waals surface area contributed by atoms with E-state index in [2.05, 4.69) is 14.9 Å². The molecule has 0 aliphatic rings. The Labute approximate surface area is 174 Å². The van der Waals surface area contributed by atoms with E-state index in [0.29, 0.717) is 29.9 Å². The lowest BCUT2D eigenvalue weighted by molar-refractivity contribution is 0.102.